The van der Waals surface area contributed by atoms with Crippen molar-refractivity contribution in [2.45, 2.75) is 6.42 Å². The number of benzene rings is 1. The van der Waals surface area contributed by atoms with E-state index < -0.39 is 0 Å². The highest BCUT2D eigenvalue weighted by atomic mass is 79.9. The number of aromatic nitrogens is 1. The van der Waals surface area contributed by atoms with Gasteiger partial charge in [0.25, 0.3) is 0 Å². The average molecular weight is 337 g/mol. The fourth-order valence-corrected chi connectivity index (χ4v) is 3.18. The number of nitrogens with zero attached hydrogens (tertiary/aromatic N) is 2. The zero-order valence-electron chi connectivity index (χ0n) is 9.80. The Morgan fingerprint density at radius 3 is 2.84 bits per heavy atom. The number of hydrogen-bond donors (Lipinski definition) is 0. The molecule has 4 nitrogen and oxygen atoms in total. The minimum atomic E-state index is -0.167. The van der Waals surface area contributed by atoms with E-state index in [2.05, 4.69) is 20.9 Å². The van der Waals surface area contributed by atoms with Crippen LogP contribution in [-0.4, -0.2) is 23.2 Å². The quantitative estimate of drug-likeness (QED) is 0.792. The third-order valence-electron chi connectivity index (χ3n) is 2.83. The maximum atomic E-state index is 11.6. The van der Waals surface area contributed by atoms with Gasteiger partial charge in [-0.15, -0.1) is 11.3 Å². The smallest absolute Gasteiger partial charge is 0.236 e. The number of carbonyl (C=O) groups excluding carboxylic acids is 2. The molecule has 0 saturated carbocycles. The molecule has 0 N–H and O–H groups in total. The van der Waals surface area contributed by atoms with Crippen LogP contribution in [0, 0.1) is 0 Å². The van der Waals surface area contributed by atoms with Crippen LogP contribution in [0.4, 0.5) is 5.13 Å². The molecule has 2 heterocycles. The highest BCUT2D eigenvalue weighted by molar-refractivity contribution is 9.10. The van der Waals surface area contributed by atoms with E-state index >= 15 is 0 Å². The van der Waals surface area contributed by atoms with Gasteiger partial charge in [-0.3, -0.25) is 14.5 Å². The van der Waals surface area contributed by atoms with E-state index in [9.17, 15) is 9.59 Å². The summed E-state index contributed by atoms with van der Waals surface area (Å²) in [7, 11) is 0. The fraction of sp³-hybridized carbons (Fsp3) is 0.154. The Labute approximate surface area is 122 Å². The van der Waals surface area contributed by atoms with Crippen molar-refractivity contribution in [1.29, 1.82) is 0 Å². The molecule has 0 spiro atoms. The van der Waals surface area contributed by atoms with Crippen LogP contribution in [0.5, 0.6) is 0 Å². The second-order valence-electron chi connectivity index (χ2n) is 4.22. The SMILES string of the molecule is O=C1CC(=O)N(c2nc(-c3cccc(Br)c3)cs2)C1. The first kappa shape index (κ1) is 12.5. The molecule has 0 atom stereocenters. The second-order valence-corrected chi connectivity index (χ2v) is 5.97. The van der Waals surface area contributed by atoms with Crippen molar-refractivity contribution in [3.8, 4) is 11.3 Å². The summed E-state index contributed by atoms with van der Waals surface area (Å²) in [6, 6.07) is 7.80. The first-order valence-corrected chi connectivity index (χ1v) is 7.34. The van der Waals surface area contributed by atoms with E-state index in [4.69, 9.17) is 0 Å². The molecular weight excluding hydrogens is 328 g/mol. The Bertz CT molecular complexity index is 668. The lowest BCUT2D eigenvalue weighted by molar-refractivity contribution is -0.121. The number of anilines is 1. The number of amides is 1. The second kappa shape index (κ2) is 4.86. The predicted octanol–water partition coefficient (Wildman–Crippen LogP) is 2.88. The van der Waals surface area contributed by atoms with Gasteiger partial charge in [-0.05, 0) is 12.1 Å². The molecule has 96 valence electrons. The Balaban J connectivity index is 1.92. The number of ketones is 1. The lowest BCUT2D eigenvalue weighted by Gasteiger charge is -2.09. The van der Waals surface area contributed by atoms with Gasteiger partial charge in [0.05, 0.1) is 18.7 Å². The van der Waals surface area contributed by atoms with Gasteiger partial charge in [0.15, 0.2) is 10.9 Å². The molecule has 0 aliphatic carbocycles. The van der Waals surface area contributed by atoms with E-state index in [-0.39, 0.29) is 24.7 Å². The normalized spacial score (nSPS) is 15.3. The summed E-state index contributed by atoms with van der Waals surface area (Å²) in [6.07, 6.45) is -0.00814. The van der Waals surface area contributed by atoms with E-state index in [1.165, 1.54) is 16.2 Å². The summed E-state index contributed by atoms with van der Waals surface area (Å²) in [5.41, 5.74) is 1.79. The van der Waals surface area contributed by atoms with E-state index in [0.29, 0.717) is 5.13 Å². The minimum Gasteiger partial charge on any atom is -0.297 e. The van der Waals surface area contributed by atoms with Crippen molar-refractivity contribution in [3.05, 3.63) is 34.1 Å². The van der Waals surface area contributed by atoms with Gasteiger partial charge in [-0.25, -0.2) is 4.98 Å². The zero-order valence-corrected chi connectivity index (χ0v) is 12.2. The molecular formula is C13H9BrN2O2S. The Morgan fingerprint density at radius 1 is 1.32 bits per heavy atom. The molecule has 0 unspecified atom stereocenters. The molecule has 1 saturated heterocycles. The van der Waals surface area contributed by atoms with Gasteiger partial charge in [0.2, 0.25) is 5.91 Å². The van der Waals surface area contributed by atoms with Crippen LogP contribution < -0.4 is 4.90 Å². The van der Waals surface area contributed by atoms with Crippen molar-refractivity contribution < 1.29 is 9.59 Å². The summed E-state index contributed by atoms with van der Waals surface area (Å²) in [5, 5.41) is 2.48. The Kier molecular flexibility index (Phi) is 3.20. The van der Waals surface area contributed by atoms with Gasteiger partial charge >= 0.3 is 0 Å². The Morgan fingerprint density at radius 2 is 2.16 bits per heavy atom. The average Bonchev–Trinajstić information content (AvgIpc) is 2.96. The van der Waals surface area contributed by atoms with Crippen molar-refractivity contribution in [1.82, 2.24) is 4.98 Å². The van der Waals surface area contributed by atoms with Gasteiger partial charge < -0.3 is 0 Å². The van der Waals surface area contributed by atoms with Crippen molar-refractivity contribution in [2.75, 3.05) is 11.4 Å². The molecule has 1 aromatic carbocycles. The number of hydrogen-bond acceptors (Lipinski definition) is 4. The summed E-state index contributed by atoms with van der Waals surface area (Å²) in [5.74, 6) is -0.218. The summed E-state index contributed by atoms with van der Waals surface area (Å²) < 4.78 is 0.979. The molecule has 1 aliphatic rings. The molecule has 6 heteroatoms. The van der Waals surface area contributed by atoms with Crippen LogP contribution in [0.15, 0.2) is 34.1 Å². The van der Waals surface area contributed by atoms with Crippen LogP contribution in [0.3, 0.4) is 0 Å². The number of thiazole rings is 1. The third kappa shape index (κ3) is 2.46. The molecule has 3 rings (SSSR count). The van der Waals surface area contributed by atoms with Gasteiger partial charge in [-0.2, -0.15) is 0 Å². The largest absolute Gasteiger partial charge is 0.297 e. The van der Waals surface area contributed by atoms with E-state index in [0.717, 1.165) is 15.7 Å². The molecule has 1 aliphatic heterocycles. The number of rotatable bonds is 2. The first-order valence-electron chi connectivity index (χ1n) is 5.67. The van der Waals surface area contributed by atoms with E-state index in [1.54, 1.807) is 0 Å². The highest BCUT2D eigenvalue weighted by Crippen LogP contribution is 2.30. The molecule has 1 aromatic heterocycles. The minimum absolute atomic E-state index is 0.00814. The molecule has 2 aromatic rings. The van der Waals surface area contributed by atoms with Gasteiger partial charge in [0.1, 0.15) is 0 Å². The maximum Gasteiger partial charge on any atom is 0.236 e. The van der Waals surface area contributed by atoms with Crippen LogP contribution in [0.25, 0.3) is 11.3 Å². The van der Waals surface area contributed by atoms with Crippen molar-refractivity contribution >= 4 is 44.1 Å². The highest BCUT2D eigenvalue weighted by Gasteiger charge is 2.30. The number of carbonyl (C=O) groups is 2. The number of halogens is 1. The predicted molar refractivity (Wildman–Crippen MR) is 77.2 cm³/mol. The molecule has 1 fully saturated rings. The van der Waals surface area contributed by atoms with Crippen LogP contribution >= 0.6 is 27.3 Å². The van der Waals surface area contributed by atoms with E-state index in [1.807, 2.05) is 29.6 Å². The molecule has 1 amide bonds. The number of Topliss-reactive ketones (excluding diaryl/α,β-unsaturated/α-hetero) is 1. The first-order chi connectivity index (χ1) is 9.13. The summed E-state index contributed by atoms with van der Waals surface area (Å²) >= 11 is 4.80. The molecule has 0 radical (unpaired) electrons. The zero-order chi connectivity index (χ0) is 13.4. The summed E-state index contributed by atoms with van der Waals surface area (Å²) in [4.78, 5) is 28.8. The standard InChI is InChI=1S/C13H9BrN2O2S/c14-9-3-1-2-8(4-9)11-7-19-13(15-11)16-6-10(17)5-12(16)18/h1-4,7H,5-6H2. The van der Waals surface area contributed by atoms with Crippen LogP contribution in [-0.2, 0) is 9.59 Å². The fourth-order valence-electron chi connectivity index (χ4n) is 1.93. The van der Waals surface area contributed by atoms with Crippen LogP contribution in [0.1, 0.15) is 6.42 Å². The maximum absolute atomic E-state index is 11.6. The van der Waals surface area contributed by atoms with Crippen molar-refractivity contribution in [2.24, 2.45) is 0 Å². The van der Waals surface area contributed by atoms with Gasteiger partial charge in [-0.1, -0.05) is 28.1 Å². The van der Waals surface area contributed by atoms with Gasteiger partial charge in [0, 0.05) is 15.4 Å². The monoisotopic (exact) mass is 336 g/mol. The summed E-state index contributed by atoms with van der Waals surface area (Å²) in [6.45, 7) is 0.143. The Hall–Kier alpha value is -1.53. The molecule has 0 bridgehead atoms. The lowest BCUT2D eigenvalue weighted by atomic mass is 10.2. The molecule has 19 heavy (non-hydrogen) atoms. The third-order valence-corrected chi connectivity index (χ3v) is 4.18. The lowest BCUT2D eigenvalue weighted by Crippen LogP contribution is -2.24. The van der Waals surface area contributed by atoms with Crippen LogP contribution in [0.2, 0.25) is 0 Å². The topological polar surface area (TPSA) is 50.3 Å². The van der Waals surface area contributed by atoms with Crippen molar-refractivity contribution in [3.63, 3.8) is 0 Å².